The number of hydrogen-bond donors (Lipinski definition) is 4. The zero-order valence-electron chi connectivity index (χ0n) is 4.87. The van der Waals surface area contributed by atoms with E-state index in [9.17, 15) is 4.79 Å². The maximum atomic E-state index is 9.88. The van der Waals surface area contributed by atoms with Crippen LogP contribution in [-0.4, -0.2) is 29.5 Å². The molecule has 9 heavy (non-hydrogen) atoms. The second-order valence-electron chi connectivity index (χ2n) is 1.56. The third kappa shape index (κ3) is 5.61. The van der Waals surface area contributed by atoms with E-state index in [2.05, 4.69) is 17.9 Å². The Bertz CT molecular complexity index is 98.6. The summed E-state index contributed by atoms with van der Waals surface area (Å²) in [5.41, 5.74) is 5.27. The number of nitrogens with two attached hydrogens (primary N) is 1. The normalized spacial score (nSPS) is 13.1. The Labute approximate surface area is 58.8 Å². The van der Waals surface area contributed by atoms with Crippen LogP contribution in [0.25, 0.3) is 0 Å². The molecular formula is C4H10N2O2S. The minimum atomic E-state index is -0.910. The van der Waals surface area contributed by atoms with E-state index in [1.807, 2.05) is 0 Å². The van der Waals surface area contributed by atoms with Crippen LogP contribution in [0.4, 0.5) is 0 Å². The van der Waals surface area contributed by atoms with Crippen LogP contribution in [0.2, 0.25) is 0 Å². The van der Waals surface area contributed by atoms with Gasteiger partial charge in [-0.25, -0.2) is 0 Å². The summed E-state index contributed by atoms with van der Waals surface area (Å²) in [5, 5.41) is 10.6. The number of carbonyl (C=O) groups is 1. The molecule has 5 heteroatoms. The monoisotopic (exact) mass is 150 g/mol. The molecule has 0 rings (SSSR count). The highest BCUT2D eigenvalue weighted by atomic mass is 32.1. The third-order valence-corrected chi connectivity index (χ3v) is 1.11. The first-order valence-corrected chi connectivity index (χ1v) is 3.11. The first kappa shape index (κ1) is 8.74. The van der Waals surface area contributed by atoms with Crippen LogP contribution in [0.15, 0.2) is 0 Å². The van der Waals surface area contributed by atoms with Gasteiger partial charge in [-0.1, -0.05) is 0 Å². The van der Waals surface area contributed by atoms with Crippen molar-refractivity contribution < 1.29 is 9.90 Å². The topological polar surface area (TPSA) is 75.3 Å². The summed E-state index contributed by atoms with van der Waals surface area (Å²) in [5.74, 6) is -0.472. The van der Waals surface area contributed by atoms with Gasteiger partial charge in [0, 0.05) is 5.75 Å². The lowest BCUT2D eigenvalue weighted by molar-refractivity contribution is -0.136. The Morgan fingerprint density at radius 2 is 2.44 bits per heavy atom. The van der Waals surface area contributed by atoms with E-state index in [1.165, 1.54) is 0 Å². The molecule has 1 atom stereocenters. The van der Waals surface area contributed by atoms with Crippen LogP contribution in [0.1, 0.15) is 0 Å². The molecule has 0 aromatic rings. The van der Waals surface area contributed by atoms with Crippen LogP contribution in [0.3, 0.4) is 0 Å². The first-order valence-electron chi connectivity index (χ1n) is 2.48. The second kappa shape index (κ2) is 4.60. The number of aliphatic carboxylic acids is 1. The highest BCUT2D eigenvalue weighted by Crippen LogP contribution is 1.75. The number of thiol groups is 1. The van der Waals surface area contributed by atoms with Gasteiger partial charge in [0.05, 0.1) is 12.7 Å². The van der Waals surface area contributed by atoms with Crippen LogP contribution in [-0.2, 0) is 4.79 Å². The second-order valence-corrected chi connectivity index (χ2v) is 1.93. The smallest absolute Gasteiger partial charge is 0.317 e. The van der Waals surface area contributed by atoms with Gasteiger partial charge >= 0.3 is 5.97 Å². The molecule has 0 spiro atoms. The molecule has 0 heterocycles. The SMILES string of the molecule is NC(CS)NCC(=O)O. The quantitative estimate of drug-likeness (QED) is 0.302. The van der Waals surface area contributed by atoms with E-state index in [0.717, 1.165) is 0 Å². The Morgan fingerprint density at radius 3 is 2.78 bits per heavy atom. The molecule has 54 valence electrons. The first-order chi connectivity index (χ1) is 4.16. The lowest BCUT2D eigenvalue weighted by Gasteiger charge is -2.06. The van der Waals surface area contributed by atoms with Crippen LogP contribution < -0.4 is 11.1 Å². The highest BCUT2D eigenvalue weighted by Gasteiger charge is 1.99. The van der Waals surface area contributed by atoms with E-state index >= 15 is 0 Å². The predicted molar refractivity (Wildman–Crippen MR) is 37.5 cm³/mol. The van der Waals surface area contributed by atoms with Gasteiger partial charge in [-0.2, -0.15) is 12.6 Å². The molecule has 0 aliphatic carbocycles. The molecule has 0 aliphatic rings. The van der Waals surface area contributed by atoms with E-state index in [1.54, 1.807) is 0 Å². The van der Waals surface area contributed by atoms with Crippen molar-refractivity contribution in [2.75, 3.05) is 12.3 Å². The standard InChI is InChI=1S/C4H10N2O2S/c5-3(2-9)6-1-4(7)8/h3,6,9H,1-2,5H2,(H,7,8). The molecule has 0 radical (unpaired) electrons. The zero-order chi connectivity index (χ0) is 7.28. The minimum absolute atomic E-state index is 0.109. The van der Waals surface area contributed by atoms with Crippen molar-refractivity contribution in [2.45, 2.75) is 6.17 Å². The number of carboxylic acid groups (broad SMARTS) is 1. The Hall–Kier alpha value is -0.260. The van der Waals surface area contributed by atoms with E-state index in [4.69, 9.17) is 10.8 Å². The highest BCUT2D eigenvalue weighted by molar-refractivity contribution is 7.80. The summed E-state index contributed by atoms with van der Waals surface area (Å²) in [4.78, 5) is 9.88. The molecule has 0 saturated carbocycles. The molecule has 0 amide bonds. The van der Waals surface area contributed by atoms with Gasteiger partial charge in [0.2, 0.25) is 0 Å². The van der Waals surface area contributed by atoms with E-state index in [0.29, 0.717) is 5.75 Å². The number of carboxylic acids is 1. The van der Waals surface area contributed by atoms with Crippen LogP contribution in [0, 0.1) is 0 Å². The van der Waals surface area contributed by atoms with Gasteiger partial charge in [0.15, 0.2) is 0 Å². The summed E-state index contributed by atoms with van der Waals surface area (Å²) in [6, 6.07) is 0. The lowest BCUT2D eigenvalue weighted by atomic mass is 10.5. The maximum Gasteiger partial charge on any atom is 0.317 e. The van der Waals surface area contributed by atoms with Crippen LogP contribution >= 0.6 is 12.6 Å². The van der Waals surface area contributed by atoms with E-state index in [-0.39, 0.29) is 12.7 Å². The molecule has 4 nitrogen and oxygen atoms in total. The van der Waals surface area contributed by atoms with Crippen LogP contribution in [0.5, 0.6) is 0 Å². The van der Waals surface area contributed by atoms with Gasteiger partial charge in [0.25, 0.3) is 0 Å². The third-order valence-electron chi connectivity index (χ3n) is 0.712. The summed E-state index contributed by atoms with van der Waals surface area (Å²) in [6.45, 7) is -0.109. The molecule has 4 N–H and O–H groups in total. The van der Waals surface area contributed by atoms with Gasteiger partial charge in [-0.05, 0) is 0 Å². The van der Waals surface area contributed by atoms with Crippen molar-refractivity contribution >= 4 is 18.6 Å². The molecule has 0 fully saturated rings. The van der Waals surface area contributed by atoms with E-state index < -0.39 is 5.97 Å². The Kier molecular flexibility index (Phi) is 4.47. The molecule has 0 aromatic carbocycles. The zero-order valence-corrected chi connectivity index (χ0v) is 5.77. The molecular weight excluding hydrogens is 140 g/mol. The molecule has 0 aliphatic heterocycles. The Balaban J connectivity index is 3.16. The van der Waals surface area contributed by atoms with Crippen molar-refractivity contribution in [1.82, 2.24) is 5.32 Å². The van der Waals surface area contributed by atoms with Gasteiger partial charge in [-0.15, -0.1) is 0 Å². The number of hydrogen-bond acceptors (Lipinski definition) is 4. The fraction of sp³-hybridized carbons (Fsp3) is 0.750. The predicted octanol–water partition coefficient (Wildman–Crippen LogP) is -1.12. The van der Waals surface area contributed by atoms with Crippen molar-refractivity contribution in [3.8, 4) is 0 Å². The molecule has 0 bridgehead atoms. The minimum Gasteiger partial charge on any atom is -0.480 e. The van der Waals surface area contributed by atoms with Crippen molar-refractivity contribution in [2.24, 2.45) is 5.73 Å². The summed E-state index contributed by atoms with van der Waals surface area (Å²) in [6.07, 6.45) is -0.329. The fourth-order valence-corrected chi connectivity index (χ4v) is 0.412. The van der Waals surface area contributed by atoms with Crippen molar-refractivity contribution in [1.29, 1.82) is 0 Å². The summed E-state index contributed by atoms with van der Waals surface area (Å²) >= 11 is 3.84. The Morgan fingerprint density at radius 1 is 1.89 bits per heavy atom. The average molecular weight is 150 g/mol. The number of nitrogens with one attached hydrogen (secondary N) is 1. The van der Waals surface area contributed by atoms with Crippen molar-refractivity contribution in [3.05, 3.63) is 0 Å². The largest absolute Gasteiger partial charge is 0.480 e. The lowest BCUT2D eigenvalue weighted by Crippen LogP contribution is -2.41. The average Bonchev–Trinajstić information content (AvgIpc) is 1.83. The number of rotatable bonds is 4. The van der Waals surface area contributed by atoms with Gasteiger partial charge in [0.1, 0.15) is 0 Å². The van der Waals surface area contributed by atoms with Gasteiger partial charge < -0.3 is 10.8 Å². The summed E-state index contributed by atoms with van der Waals surface area (Å²) < 4.78 is 0. The maximum absolute atomic E-state index is 9.88. The molecule has 1 unspecified atom stereocenters. The fourth-order valence-electron chi connectivity index (χ4n) is 0.283. The van der Waals surface area contributed by atoms with Gasteiger partial charge in [-0.3, -0.25) is 10.1 Å². The molecule has 0 aromatic heterocycles. The van der Waals surface area contributed by atoms with Crippen molar-refractivity contribution in [3.63, 3.8) is 0 Å². The molecule has 0 saturated heterocycles. The summed E-state index contributed by atoms with van der Waals surface area (Å²) in [7, 11) is 0.